The van der Waals surface area contributed by atoms with Crippen LogP contribution in [0.1, 0.15) is 12.5 Å². The van der Waals surface area contributed by atoms with E-state index in [0.717, 1.165) is 6.08 Å². The summed E-state index contributed by atoms with van der Waals surface area (Å²) < 4.78 is 22.6. The second-order valence-corrected chi connectivity index (χ2v) is 3.29. The van der Waals surface area contributed by atoms with Gasteiger partial charge in [-0.15, -0.1) is 0 Å². The van der Waals surface area contributed by atoms with Crippen molar-refractivity contribution in [1.29, 1.82) is 0 Å². The van der Waals surface area contributed by atoms with Crippen LogP contribution in [0.25, 0.3) is 5.57 Å². The molecule has 1 rings (SSSR count). The zero-order chi connectivity index (χ0) is 12.7. The molecule has 0 atom stereocenters. The monoisotopic (exact) mass is 238 g/mol. The lowest BCUT2D eigenvalue weighted by atomic mass is 10.1. The summed E-state index contributed by atoms with van der Waals surface area (Å²) in [4.78, 5) is 11.2. The van der Waals surface area contributed by atoms with Crippen LogP contribution in [0.5, 0.6) is 5.75 Å². The number of carbonyl (C=O) groups is 1. The Labute approximate surface area is 99.9 Å². The van der Waals surface area contributed by atoms with Gasteiger partial charge in [0.25, 0.3) is 0 Å². The first kappa shape index (κ1) is 13.2. The fourth-order valence-corrected chi connectivity index (χ4v) is 1.35. The van der Waals surface area contributed by atoms with E-state index in [1.54, 1.807) is 31.2 Å². The number of esters is 1. The summed E-state index contributed by atoms with van der Waals surface area (Å²) in [5.41, 5.74) is 0.891. The summed E-state index contributed by atoms with van der Waals surface area (Å²) in [6.07, 6.45) is 1.16. The molecule has 4 heteroatoms. The van der Waals surface area contributed by atoms with Crippen LogP contribution in [0.3, 0.4) is 0 Å². The maximum atomic E-state index is 12.9. The summed E-state index contributed by atoms with van der Waals surface area (Å²) in [6.45, 7) is 1.24. The zero-order valence-electron chi connectivity index (χ0n) is 9.90. The maximum Gasteiger partial charge on any atom is 0.331 e. The number of alkyl halides is 1. The Hall–Kier alpha value is -1.84. The highest BCUT2D eigenvalue weighted by molar-refractivity contribution is 5.91. The zero-order valence-corrected chi connectivity index (χ0v) is 9.90. The fraction of sp³-hybridized carbons (Fsp3) is 0.308. The van der Waals surface area contributed by atoms with Crippen molar-refractivity contribution in [2.75, 3.05) is 20.4 Å². The topological polar surface area (TPSA) is 35.5 Å². The van der Waals surface area contributed by atoms with Gasteiger partial charge >= 0.3 is 5.97 Å². The Kier molecular flexibility index (Phi) is 5.20. The predicted octanol–water partition coefficient (Wildman–Crippen LogP) is 2.61. The van der Waals surface area contributed by atoms with Gasteiger partial charge in [-0.3, -0.25) is 0 Å². The van der Waals surface area contributed by atoms with Crippen molar-refractivity contribution < 1.29 is 18.7 Å². The SMILES string of the molecule is CCOC(=O)/C=C(\CF)c1cccc(OC)c1. The number of benzene rings is 1. The molecule has 0 N–H and O–H groups in total. The van der Waals surface area contributed by atoms with Crippen LogP contribution in [0, 0.1) is 0 Å². The molecule has 1 aromatic rings. The van der Waals surface area contributed by atoms with Crippen molar-refractivity contribution >= 4 is 11.5 Å². The van der Waals surface area contributed by atoms with Crippen molar-refractivity contribution in [2.45, 2.75) is 6.92 Å². The highest BCUT2D eigenvalue weighted by atomic mass is 19.1. The molecule has 0 bridgehead atoms. The van der Waals surface area contributed by atoms with Gasteiger partial charge in [0.05, 0.1) is 13.7 Å². The fourth-order valence-electron chi connectivity index (χ4n) is 1.35. The number of halogens is 1. The first-order valence-electron chi connectivity index (χ1n) is 5.29. The minimum absolute atomic E-state index is 0.271. The average Bonchev–Trinajstić information content (AvgIpc) is 2.36. The molecule has 0 amide bonds. The smallest absolute Gasteiger partial charge is 0.331 e. The Morgan fingerprint density at radius 1 is 1.47 bits per heavy atom. The van der Waals surface area contributed by atoms with Gasteiger partial charge in [-0.05, 0) is 30.2 Å². The summed E-state index contributed by atoms with van der Waals surface area (Å²) in [6, 6.07) is 6.88. The van der Waals surface area contributed by atoms with Gasteiger partial charge in [0.1, 0.15) is 12.4 Å². The van der Waals surface area contributed by atoms with Crippen LogP contribution >= 0.6 is 0 Å². The molecule has 0 saturated carbocycles. The molecule has 3 nitrogen and oxygen atoms in total. The molecule has 92 valence electrons. The molecule has 0 aliphatic rings. The van der Waals surface area contributed by atoms with Crippen molar-refractivity contribution in [3.05, 3.63) is 35.9 Å². The average molecular weight is 238 g/mol. The molecule has 1 aromatic carbocycles. The lowest BCUT2D eigenvalue weighted by Crippen LogP contribution is -2.02. The minimum atomic E-state index is -0.730. The first-order chi connectivity index (χ1) is 8.21. The second kappa shape index (κ2) is 6.68. The molecule has 0 saturated heterocycles. The number of methoxy groups -OCH3 is 1. The van der Waals surface area contributed by atoms with Gasteiger partial charge in [0.2, 0.25) is 0 Å². The Bertz CT molecular complexity index is 413. The molecule has 0 spiro atoms. The third-order valence-corrected chi connectivity index (χ3v) is 2.16. The van der Waals surface area contributed by atoms with Crippen LogP contribution in [-0.2, 0) is 9.53 Å². The lowest BCUT2D eigenvalue weighted by molar-refractivity contribution is -0.137. The molecule has 0 fully saturated rings. The van der Waals surface area contributed by atoms with E-state index in [1.165, 1.54) is 7.11 Å². The van der Waals surface area contributed by atoms with Crippen molar-refractivity contribution in [3.8, 4) is 5.75 Å². The van der Waals surface area contributed by atoms with E-state index >= 15 is 0 Å². The van der Waals surface area contributed by atoms with E-state index in [2.05, 4.69) is 0 Å². The van der Waals surface area contributed by atoms with Crippen LogP contribution in [-0.4, -0.2) is 26.4 Å². The quantitative estimate of drug-likeness (QED) is 0.584. The van der Waals surface area contributed by atoms with E-state index in [1.807, 2.05) is 0 Å². The van der Waals surface area contributed by atoms with Crippen LogP contribution < -0.4 is 4.74 Å². The van der Waals surface area contributed by atoms with Crippen molar-refractivity contribution in [2.24, 2.45) is 0 Å². The van der Waals surface area contributed by atoms with E-state index < -0.39 is 12.6 Å². The summed E-state index contributed by atoms with van der Waals surface area (Å²) in [7, 11) is 1.53. The van der Waals surface area contributed by atoms with Crippen LogP contribution in [0.2, 0.25) is 0 Å². The Morgan fingerprint density at radius 2 is 2.24 bits per heavy atom. The molecule has 0 unspecified atom stereocenters. The number of allylic oxidation sites excluding steroid dienone is 1. The van der Waals surface area contributed by atoms with E-state index in [-0.39, 0.29) is 12.2 Å². The standard InChI is InChI=1S/C13H15FO3/c1-3-17-13(15)8-11(9-14)10-5-4-6-12(7-10)16-2/h4-8H,3,9H2,1-2H3/b11-8+. The molecular weight excluding hydrogens is 223 g/mol. The second-order valence-electron chi connectivity index (χ2n) is 3.29. The summed E-state index contributed by atoms with van der Waals surface area (Å²) in [5, 5.41) is 0. The molecule has 0 aromatic heterocycles. The minimum Gasteiger partial charge on any atom is -0.497 e. The lowest BCUT2D eigenvalue weighted by Gasteiger charge is -2.06. The number of rotatable bonds is 5. The normalized spacial score (nSPS) is 11.1. The van der Waals surface area contributed by atoms with Crippen LogP contribution in [0.15, 0.2) is 30.3 Å². The first-order valence-corrected chi connectivity index (χ1v) is 5.29. The van der Waals surface area contributed by atoms with Gasteiger partial charge in [-0.2, -0.15) is 0 Å². The van der Waals surface area contributed by atoms with E-state index in [9.17, 15) is 9.18 Å². The third kappa shape index (κ3) is 3.90. The molecule has 0 radical (unpaired) electrons. The predicted molar refractivity (Wildman–Crippen MR) is 63.6 cm³/mol. The summed E-state index contributed by atoms with van der Waals surface area (Å²) >= 11 is 0. The van der Waals surface area contributed by atoms with Gasteiger partial charge < -0.3 is 9.47 Å². The van der Waals surface area contributed by atoms with Gasteiger partial charge in [0.15, 0.2) is 0 Å². The van der Waals surface area contributed by atoms with Gasteiger partial charge in [-0.25, -0.2) is 9.18 Å². The number of hydrogen-bond acceptors (Lipinski definition) is 3. The Morgan fingerprint density at radius 3 is 2.82 bits per heavy atom. The number of hydrogen-bond donors (Lipinski definition) is 0. The third-order valence-electron chi connectivity index (χ3n) is 2.16. The Balaban J connectivity index is 2.96. The largest absolute Gasteiger partial charge is 0.497 e. The van der Waals surface area contributed by atoms with Gasteiger partial charge in [0, 0.05) is 6.08 Å². The number of ether oxygens (including phenoxy) is 2. The molecular formula is C13H15FO3. The molecule has 0 heterocycles. The highest BCUT2D eigenvalue weighted by Gasteiger charge is 2.06. The summed E-state index contributed by atoms with van der Waals surface area (Å²) in [5.74, 6) is 0.0775. The van der Waals surface area contributed by atoms with Crippen LogP contribution in [0.4, 0.5) is 4.39 Å². The van der Waals surface area contributed by atoms with E-state index in [0.29, 0.717) is 11.3 Å². The highest BCUT2D eigenvalue weighted by Crippen LogP contribution is 2.20. The molecule has 0 aliphatic heterocycles. The van der Waals surface area contributed by atoms with Crippen molar-refractivity contribution in [1.82, 2.24) is 0 Å². The number of carbonyl (C=O) groups excluding carboxylic acids is 1. The maximum absolute atomic E-state index is 12.9. The van der Waals surface area contributed by atoms with Gasteiger partial charge in [-0.1, -0.05) is 12.1 Å². The molecule has 17 heavy (non-hydrogen) atoms. The van der Waals surface area contributed by atoms with E-state index in [4.69, 9.17) is 9.47 Å². The van der Waals surface area contributed by atoms with Crippen molar-refractivity contribution in [3.63, 3.8) is 0 Å². The molecule has 0 aliphatic carbocycles.